The number of hydrogen-bond acceptors (Lipinski definition) is 7. The van der Waals surface area contributed by atoms with Crippen LogP contribution in [0.2, 0.25) is 0 Å². The highest BCUT2D eigenvalue weighted by atomic mass is 32.1. The molecule has 0 radical (unpaired) electrons. The molecule has 1 amide bonds. The van der Waals surface area contributed by atoms with E-state index in [4.69, 9.17) is 5.73 Å². The topological polar surface area (TPSA) is 92.9 Å². The molecule has 4 N–H and O–H groups in total. The second-order valence-electron chi connectivity index (χ2n) is 6.87. The standard InChI is InChI=1S/C18H18F3N5OS2/c19-18(20,21)15-12(5-6-28-15)25-16(27)9-8-29-17-14(9)26-13(7-23-17)24-11-4-2-1-3-10(11)22/h5-8,10-11H,1-4,22H2,(H,24,26)(H,25,27)/t10-,11+/m0/s1. The number of halogens is 3. The molecule has 1 fully saturated rings. The van der Waals surface area contributed by atoms with E-state index in [1.165, 1.54) is 22.8 Å². The molecule has 1 saturated carbocycles. The van der Waals surface area contributed by atoms with Crippen molar-refractivity contribution in [2.24, 2.45) is 5.73 Å². The van der Waals surface area contributed by atoms with Crippen LogP contribution in [0.25, 0.3) is 10.3 Å². The Balaban J connectivity index is 1.58. The minimum Gasteiger partial charge on any atom is -0.364 e. The maximum absolute atomic E-state index is 13.1. The van der Waals surface area contributed by atoms with E-state index in [-0.39, 0.29) is 23.3 Å². The molecule has 3 aromatic heterocycles. The van der Waals surface area contributed by atoms with E-state index in [1.54, 1.807) is 11.6 Å². The van der Waals surface area contributed by atoms with Gasteiger partial charge in [-0.1, -0.05) is 12.8 Å². The van der Waals surface area contributed by atoms with E-state index in [9.17, 15) is 18.0 Å². The molecule has 154 valence electrons. The molecule has 11 heteroatoms. The Morgan fingerprint density at radius 3 is 2.79 bits per heavy atom. The van der Waals surface area contributed by atoms with Crippen LogP contribution in [0.3, 0.4) is 0 Å². The monoisotopic (exact) mass is 441 g/mol. The summed E-state index contributed by atoms with van der Waals surface area (Å²) >= 11 is 1.75. The van der Waals surface area contributed by atoms with Crippen molar-refractivity contribution >= 4 is 50.4 Å². The van der Waals surface area contributed by atoms with Gasteiger partial charge in [0.1, 0.15) is 21.0 Å². The lowest BCUT2D eigenvalue weighted by Crippen LogP contribution is -2.42. The third-order valence-corrected chi connectivity index (χ3v) is 6.69. The van der Waals surface area contributed by atoms with Gasteiger partial charge >= 0.3 is 6.18 Å². The first kappa shape index (κ1) is 20.0. The fourth-order valence-corrected chi connectivity index (χ4v) is 4.94. The molecule has 0 unspecified atom stereocenters. The van der Waals surface area contributed by atoms with Crippen molar-refractivity contribution in [1.82, 2.24) is 9.97 Å². The number of anilines is 2. The number of carbonyl (C=O) groups is 1. The number of nitrogens with zero attached hydrogens (tertiary/aromatic N) is 2. The first-order valence-electron chi connectivity index (χ1n) is 9.05. The number of nitrogens with one attached hydrogen (secondary N) is 2. The summed E-state index contributed by atoms with van der Waals surface area (Å²) in [5.74, 6) is -0.153. The Hall–Kier alpha value is -2.24. The van der Waals surface area contributed by atoms with Gasteiger partial charge in [0.25, 0.3) is 5.91 Å². The normalized spacial score (nSPS) is 20.0. The van der Waals surface area contributed by atoms with Crippen LogP contribution < -0.4 is 16.4 Å². The van der Waals surface area contributed by atoms with Crippen molar-refractivity contribution in [2.45, 2.75) is 43.9 Å². The van der Waals surface area contributed by atoms with Gasteiger partial charge in [-0.05, 0) is 24.3 Å². The number of thiophene rings is 2. The average Bonchev–Trinajstić information content (AvgIpc) is 3.30. The van der Waals surface area contributed by atoms with Gasteiger partial charge in [0.05, 0.1) is 17.4 Å². The average molecular weight is 442 g/mol. The Morgan fingerprint density at radius 2 is 2.03 bits per heavy atom. The Bertz CT molecular complexity index is 1030. The predicted molar refractivity (Wildman–Crippen MR) is 109 cm³/mol. The van der Waals surface area contributed by atoms with Crippen LogP contribution in [0.5, 0.6) is 0 Å². The van der Waals surface area contributed by atoms with Gasteiger partial charge < -0.3 is 16.4 Å². The molecule has 3 aromatic rings. The van der Waals surface area contributed by atoms with Crippen LogP contribution in [0.1, 0.15) is 40.9 Å². The van der Waals surface area contributed by atoms with E-state index in [0.717, 1.165) is 25.7 Å². The summed E-state index contributed by atoms with van der Waals surface area (Å²) in [6, 6.07) is 1.33. The number of hydrogen-bond donors (Lipinski definition) is 3. The lowest BCUT2D eigenvalue weighted by Gasteiger charge is -2.29. The van der Waals surface area contributed by atoms with Gasteiger partial charge in [-0.3, -0.25) is 4.79 Å². The summed E-state index contributed by atoms with van der Waals surface area (Å²) in [5, 5.41) is 8.47. The Labute approximate surface area is 172 Å². The summed E-state index contributed by atoms with van der Waals surface area (Å²) in [6.45, 7) is 0. The molecule has 4 rings (SSSR count). The van der Waals surface area contributed by atoms with Gasteiger partial charge in [-0.15, -0.1) is 22.7 Å². The van der Waals surface area contributed by atoms with Crippen LogP contribution in [0.4, 0.5) is 24.7 Å². The highest BCUT2D eigenvalue weighted by Crippen LogP contribution is 2.39. The third kappa shape index (κ3) is 4.21. The summed E-state index contributed by atoms with van der Waals surface area (Å²) < 4.78 is 39.2. The molecule has 1 aliphatic rings. The van der Waals surface area contributed by atoms with Crippen molar-refractivity contribution in [3.05, 3.63) is 33.5 Å². The van der Waals surface area contributed by atoms with E-state index in [2.05, 4.69) is 20.6 Å². The molecule has 0 saturated heterocycles. The SMILES string of the molecule is N[C@H]1CCCC[C@H]1Nc1cnc2scc(C(=O)Nc3ccsc3C(F)(F)F)c2n1. The van der Waals surface area contributed by atoms with Crippen molar-refractivity contribution < 1.29 is 18.0 Å². The molecule has 0 aliphatic heterocycles. The van der Waals surface area contributed by atoms with E-state index in [0.29, 0.717) is 27.5 Å². The molecule has 2 atom stereocenters. The number of aromatic nitrogens is 2. The Kier molecular flexibility index (Phi) is 5.45. The van der Waals surface area contributed by atoms with Crippen LogP contribution in [-0.4, -0.2) is 28.0 Å². The van der Waals surface area contributed by atoms with Crippen LogP contribution in [0.15, 0.2) is 23.0 Å². The number of carbonyl (C=O) groups excluding carboxylic acids is 1. The maximum atomic E-state index is 13.1. The quantitative estimate of drug-likeness (QED) is 0.546. The third-order valence-electron chi connectivity index (χ3n) is 4.85. The van der Waals surface area contributed by atoms with Crippen LogP contribution in [0, 0.1) is 0 Å². The zero-order valence-electron chi connectivity index (χ0n) is 15.1. The number of amides is 1. The summed E-state index contributed by atoms with van der Waals surface area (Å²) in [4.78, 5) is 21.1. The fourth-order valence-electron chi connectivity index (χ4n) is 3.39. The molecule has 0 bridgehead atoms. The molecule has 29 heavy (non-hydrogen) atoms. The lowest BCUT2D eigenvalue weighted by atomic mass is 9.91. The predicted octanol–water partition coefficient (Wildman–Crippen LogP) is 4.71. The van der Waals surface area contributed by atoms with E-state index in [1.807, 2.05) is 0 Å². The van der Waals surface area contributed by atoms with E-state index >= 15 is 0 Å². The Morgan fingerprint density at radius 1 is 1.24 bits per heavy atom. The van der Waals surface area contributed by atoms with Gasteiger partial charge in [0, 0.05) is 17.5 Å². The van der Waals surface area contributed by atoms with Crippen molar-refractivity contribution in [2.75, 3.05) is 10.6 Å². The summed E-state index contributed by atoms with van der Waals surface area (Å²) in [6.07, 6.45) is 1.10. The first-order chi connectivity index (χ1) is 13.8. The van der Waals surface area contributed by atoms with Gasteiger partial charge in [0.2, 0.25) is 0 Å². The maximum Gasteiger partial charge on any atom is 0.427 e. The number of nitrogens with two attached hydrogens (primary N) is 1. The van der Waals surface area contributed by atoms with Crippen molar-refractivity contribution in [3.8, 4) is 0 Å². The molecule has 0 spiro atoms. The second-order valence-corrected chi connectivity index (χ2v) is 8.65. The van der Waals surface area contributed by atoms with Crippen LogP contribution in [-0.2, 0) is 6.18 Å². The number of rotatable bonds is 4. The number of fused-ring (bicyclic) bond motifs is 1. The minimum atomic E-state index is -4.52. The molecule has 0 aromatic carbocycles. The summed E-state index contributed by atoms with van der Waals surface area (Å²) in [7, 11) is 0. The highest BCUT2D eigenvalue weighted by molar-refractivity contribution is 7.17. The zero-order chi connectivity index (χ0) is 20.6. The summed E-state index contributed by atoms with van der Waals surface area (Å²) in [5.41, 5.74) is 6.44. The lowest BCUT2D eigenvalue weighted by molar-refractivity contribution is -0.133. The molecule has 3 heterocycles. The largest absolute Gasteiger partial charge is 0.427 e. The van der Waals surface area contributed by atoms with Gasteiger partial charge in [0.15, 0.2) is 0 Å². The van der Waals surface area contributed by atoms with E-state index < -0.39 is 17.0 Å². The molecule has 6 nitrogen and oxygen atoms in total. The molecular formula is C18H18F3N5OS2. The highest BCUT2D eigenvalue weighted by Gasteiger charge is 2.35. The molecular weight excluding hydrogens is 423 g/mol. The fraction of sp³-hybridized carbons (Fsp3) is 0.389. The first-order valence-corrected chi connectivity index (χ1v) is 10.8. The minimum absolute atomic E-state index is 0.0193. The second kappa shape index (κ2) is 7.88. The zero-order valence-corrected chi connectivity index (χ0v) is 16.8. The molecule has 1 aliphatic carbocycles. The van der Waals surface area contributed by atoms with Crippen molar-refractivity contribution in [3.63, 3.8) is 0 Å². The van der Waals surface area contributed by atoms with Gasteiger partial charge in [-0.2, -0.15) is 13.2 Å². The van der Waals surface area contributed by atoms with Crippen molar-refractivity contribution in [1.29, 1.82) is 0 Å². The number of alkyl halides is 3. The smallest absolute Gasteiger partial charge is 0.364 e. The van der Waals surface area contributed by atoms with Crippen LogP contribution >= 0.6 is 22.7 Å². The van der Waals surface area contributed by atoms with Gasteiger partial charge in [-0.25, -0.2) is 9.97 Å².